The molecule has 13 heavy (non-hydrogen) atoms. The molecule has 0 aromatic heterocycles. The number of amidine groups is 1. The van der Waals surface area contributed by atoms with Crippen molar-refractivity contribution in [2.45, 2.75) is 38.8 Å². The normalized spacial score (nSPS) is 28.8. The molecule has 1 saturated heterocycles. The van der Waals surface area contributed by atoms with Gasteiger partial charge in [-0.15, -0.1) is 0 Å². The number of piperidine rings is 1. The molecule has 0 aromatic rings. The van der Waals surface area contributed by atoms with E-state index in [1.807, 2.05) is 6.92 Å². The number of carbonyl (C=O) groups excluding carboxylic acids is 1. The molecule has 5 heteroatoms. The molecule has 0 bridgehead atoms. The van der Waals surface area contributed by atoms with Crippen molar-refractivity contribution >= 4 is 11.8 Å². The van der Waals surface area contributed by atoms with Gasteiger partial charge in [0, 0.05) is 6.92 Å². The van der Waals surface area contributed by atoms with Gasteiger partial charge in [0.05, 0.1) is 6.04 Å². The Labute approximate surface area is 76.8 Å². The highest BCUT2D eigenvalue weighted by atomic mass is 16.7. The molecule has 0 spiro atoms. The fourth-order valence-corrected chi connectivity index (χ4v) is 1.31. The molecule has 1 fully saturated rings. The Bertz CT molecular complexity index is 229. The molecule has 0 amide bonds. The van der Waals surface area contributed by atoms with E-state index >= 15 is 0 Å². The van der Waals surface area contributed by atoms with Crippen molar-refractivity contribution in [2.75, 3.05) is 0 Å². The van der Waals surface area contributed by atoms with E-state index in [0.717, 1.165) is 6.42 Å². The molecule has 5 nitrogen and oxygen atoms in total. The number of hydroxylamine groups is 2. The lowest BCUT2D eigenvalue weighted by atomic mass is 10.0. The molecular weight excluding hydrogens is 172 g/mol. The summed E-state index contributed by atoms with van der Waals surface area (Å²) >= 11 is 0. The number of aliphatic hydroxyl groups is 1. The van der Waals surface area contributed by atoms with Crippen molar-refractivity contribution in [3.8, 4) is 0 Å². The van der Waals surface area contributed by atoms with E-state index in [4.69, 9.17) is 10.2 Å². The molecule has 0 aliphatic carbocycles. The third-order valence-corrected chi connectivity index (χ3v) is 2.04. The van der Waals surface area contributed by atoms with E-state index in [0.29, 0.717) is 6.42 Å². The lowest BCUT2D eigenvalue weighted by molar-refractivity contribution is -0.181. The number of nitrogens with one attached hydrogen (secondary N) is 1. The maximum absolute atomic E-state index is 10.7. The number of nitrogens with zero attached hydrogens (tertiary/aromatic N) is 1. The predicted octanol–water partition coefficient (Wildman–Crippen LogP) is 0.287. The van der Waals surface area contributed by atoms with Crippen LogP contribution < -0.4 is 0 Å². The number of hydrogen-bond acceptors (Lipinski definition) is 4. The first-order valence-electron chi connectivity index (χ1n) is 4.26. The van der Waals surface area contributed by atoms with Crippen LogP contribution in [-0.4, -0.2) is 34.1 Å². The lowest BCUT2D eigenvalue weighted by Gasteiger charge is -2.35. The molecule has 0 aromatic carbocycles. The molecule has 1 rings (SSSR count). The SMILES string of the molecule is CC(=O)ON1C(=N)C(O)CCC1C. The van der Waals surface area contributed by atoms with Crippen LogP contribution in [0.5, 0.6) is 0 Å². The zero-order valence-corrected chi connectivity index (χ0v) is 7.78. The van der Waals surface area contributed by atoms with Crippen LogP contribution in [-0.2, 0) is 9.63 Å². The van der Waals surface area contributed by atoms with E-state index in [1.54, 1.807) is 0 Å². The maximum Gasteiger partial charge on any atom is 0.329 e. The molecule has 74 valence electrons. The van der Waals surface area contributed by atoms with Crippen LogP contribution in [0.4, 0.5) is 0 Å². The van der Waals surface area contributed by atoms with Crippen LogP contribution in [0.15, 0.2) is 0 Å². The monoisotopic (exact) mass is 186 g/mol. The summed E-state index contributed by atoms with van der Waals surface area (Å²) in [5.41, 5.74) is 0. The van der Waals surface area contributed by atoms with Gasteiger partial charge in [-0.05, 0) is 19.8 Å². The summed E-state index contributed by atoms with van der Waals surface area (Å²) < 4.78 is 0. The molecule has 1 heterocycles. The fourth-order valence-electron chi connectivity index (χ4n) is 1.31. The van der Waals surface area contributed by atoms with E-state index in [2.05, 4.69) is 0 Å². The topological polar surface area (TPSA) is 73.6 Å². The second kappa shape index (κ2) is 3.74. The average molecular weight is 186 g/mol. The Hall–Kier alpha value is -1.10. The third-order valence-electron chi connectivity index (χ3n) is 2.04. The summed E-state index contributed by atoms with van der Waals surface area (Å²) in [5.74, 6) is -0.500. The first kappa shape index (κ1) is 9.98. The van der Waals surface area contributed by atoms with E-state index in [-0.39, 0.29) is 11.9 Å². The van der Waals surface area contributed by atoms with Crippen molar-refractivity contribution < 1.29 is 14.7 Å². The smallest absolute Gasteiger partial charge is 0.329 e. The van der Waals surface area contributed by atoms with Crippen molar-refractivity contribution in [1.82, 2.24) is 5.06 Å². The van der Waals surface area contributed by atoms with Crippen LogP contribution in [0.25, 0.3) is 0 Å². The van der Waals surface area contributed by atoms with Gasteiger partial charge >= 0.3 is 5.97 Å². The minimum absolute atomic E-state index is 0.0280. The van der Waals surface area contributed by atoms with Crippen LogP contribution >= 0.6 is 0 Å². The van der Waals surface area contributed by atoms with E-state index in [9.17, 15) is 9.90 Å². The van der Waals surface area contributed by atoms with Gasteiger partial charge in [0.2, 0.25) is 0 Å². The molecule has 1 aliphatic heterocycles. The first-order chi connectivity index (χ1) is 6.02. The maximum atomic E-state index is 10.7. The summed E-state index contributed by atoms with van der Waals surface area (Å²) in [4.78, 5) is 15.5. The summed E-state index contributed by atoms with van der Waals surface area (Å²) in [5, 5.41) is 18.0. The minimum Gasteiger partial charge on any atom is -0.385 e. The summed E-state index contributed by atoms with van der Waals surface area (Å²) in [6.07, 6.45) is 0.463. The molecule has 1 aliphatic rings. The number of aliphatic hydroxyl groups excluding tert-OH is 1. The number of carbonyl (C=O) groups is 1. The Kier molecular flexibility index (Phi) is 2.87. The minimum atomic E-state index is -0.810. The van der Waals surface area contributed by atoms with E-state index in [1.165, 1.54) is 12.0 Å². The van der Waals surface area contributed by atoms with Crippen molar-refractivity contribution in [3.05, 3.63) is 0 Å². The standard InChI is InChI=1S/C8H14N2O3/c1-5-3-4-7(12)8(9)10(5)13-6(2)11/h5,7,9,12H,3-4H2,1-2H3. The Morgan fingerprint density at radius 1 is 1.69 bits per heavy atom. The van der Waals surface area contributed by atoms with E-state index < -0.39 is 12.1 Å². The zero-order chi connectivity index (χ0) is 10.0. The van der Waals surface area contributed by atoms with Gasteiger partial charge in [-0.25, -0.2) is 0 Å². The van der Waals surface area contributed by atoms with Crippen LogP contribution in [0, 0.1) is 5.41 Å². The Balaban J connectivity index is 2.66. The van der Waals surface area contributed by atoms with Crippen molar-refractivity contribution in [2.24, 2.45) is 0 Å². The number of rotatable bonds is 1. The highest BCUT2D eigenvalue weighted by Crippen LogP contribution is 2.18. The van der Waals surface area contributed by atoms with Crippen LogP contribution in [0.3, 0.4) is 0 Å². The van der Waals surface area contributed by atoms with Crippen LogP contribution in [0.1, 0.15) is 26.7 Å². The third kappa shape index (κ3) is 2.18. The fraction of sp³-hybridized carbons (Fsp3) is 0.750. The van der Waals surface area contributed by atoms with Crippen molar-refractivity contribution in [1.29, 1.82) is 5.41 Å². The highest BCUT2D eigenvalue weighted by Gasteiger charge is 2.31. The van der Waals surface area contributed by atoms with Gasteiger partial charge in [0.25, 0.3) is 0 Å². The summed E-state index contributed by atoms with van der Waals surface area (Å²) in [7, 11) is 0. The molecule has 0 radical (unpaired) electrons. The number of hydrogen-bond donors (Lipinski definition) is 2. The second-order valence-electron chi connectivity index (χ2n) is 3.24. The first-order valence-corrected chi connectivity index (χ1v) is 4.26. The van der Waals surface area contributed by atoms with Gasteiger partial charge in [-0.3, -0.25) is 10.2 Å². The highest BCUT2D eigenvalue weighted by molar-refractivity contribution is 5.84. The van der Waals surface area contributed by atoms with Gasteiger partial charge in [0.15, 0.2) is 5.84 Å². The van der Waals surface area contributed by atoms with Gasteiger partial charge in [-0.1, -0.05) is 0 Å². The molecule has 0 saturated carbocycles. The van der Waals surface area contributed by atoms with Gasteiger partial charge in [0.1, 0.15) is 6.10 Å². The Morgan fingerprint density at radius 2 is 2.31 bits per heavy atom. The molecule has 2 unspecified atom stereocenters. The molecule has 2 atom stereocenters. The van der Waals surface area contributed by atoms with Crippen molar-refractivity contribution in [3.63, 3.8) is 0 Å². The summed E-state index contributed by atoms with van der Waals surface area (Å²) in [6, 6.07) is -0.0280. The zero-order valence-electron chi connectivity index (χ0n) is 7.78. The predicted molar refractivity (Wildman–Crippen MR) is 46.0 cm³/mol. The largest absolute Gasteiger partial charge is 0.385 e. The average Bonchev–Trinajstić information content (AvgIpc) is 2.05. The molecule has 2 N–H and O–H groups in total. The van der Waals surface area contributed by atoms with Crippen LogP contribution in [0.2, 0.25) is 0 Å². The lowest BCUT2D eigenvalue weighted by Crippen LogP contribution is -2.49. The second-order valence-corrected chi connectivity index (χ2v) is 3.24. The quantitative estimate of drug-likeness (QED) is 0.617. The molecular formula is C8H14N2O3. The van der Waals surface area contributed by atoms with Gasteiger partial charge < -0.3 is 9.94 Å². The van der Waals surface area contributed by atoms with Gasteiger partial charge in [-0.2, -0.15) is 5.06 Å². The summed E-state index contributed by atoms with van der Waals surface area (Å²) in [6.45, 7) is 3.13. The Morgan fingerprint density at radius 3 is 2.85 bits per heavy atom.